The van der Waals surface area contributed by atoms with Crippen molar-refractivity contribution in [2.24, 2.45) is 0 Å². The zero-order chi connectivity index (χ0) is 17.0. The molecule has 122 valence electrons. The van der Waals surface area contributed by atoms with Crippen LogP contribution in [0.4, 0.5) is 5.69 Å². The Kier molecular flexibility index (Phi) is 5.02. The normalized spacial score (nSPS) is 10.9. The van der Waals surface area contributed by atoms with E-state index in [1.807, 2.05) is 0 Å². The third-order valence-electron chi connectivity index (χ3n) is 2.79. The van der Waals surface area contributed by atoms with Crippen molar-refractivity contribution in [3.63, 3.8) is 0 Å². The zero-order valence-electron chi connectivity index (χ0n) is 12.2. The summed E-state index contributed by atoms with van der Waals surface area (Å²) >= 11 is 1.05. The van der Waals surface area contributed by atoms with Crippen LogP contribution in [0.3, 0.4) is 0 Å². The molecular weight excluding hydrogens is 342 g/mol. The number of hydrogen-bond donors (Lipinski definition) is 1. The van der Waals surface area contributed by atoms with Crippen LogP contribution in [0.1, 0.15) is 20.7 Å². The number of esters is 2. The summed E-state index contributed by atoms with van der Waals surface area (Å²) in [6.45, 7) is 0. The van der Waals surface area contributed by atoms with Gasteiger partial charge in [-0.05, 0) is 29.6 Å². The molecule has 0 spiro atoms. The molecule has 2 rings (SSSR count). The number of carbonyl (C=O) groups excluding carboxylic acids is 2. The van der Waals surface area contributed by atoms with Crippen molar-refractivity contribution in [2.45, 2.75) is 4.21 Å². The van der Waals surface area contributed by atoms with E-state index in [0.29, 0.717) is 0 Å². The largest absolute Gasteiger partial charge is 0.465 e. The quantitative estimate of drug-likeness (QED) is 0.825. The Morgan fingerprint density at radius 1 is 1.04 bits per heavy atom. The molecular formula is C14H13NO6S2. The third-order valence-corrected chi connectivity index (χ3v) is 5.57. The van der Waals surface area contributed by atoms with E-state index in [4.69, 9.17) is 0 Å². The van der Waals surface area contributed by atoms with Crippen molar-refractivity contribution in [1.82, 2.24) is 0 Å². The Bertz CT molecular complexity index is 793. The molecule has 7 nitrogen and oxygen atoms in total. The number of benzene rings is 1. The monoisotopic (exact) mass is 355 g/mol. The fraction of sp³-hybridized carbons (Fsp3) is 0.143. The van der Waals surface area contributed by atoms with Gasteiger partial charge >= 0.3 is 11.9 Å². The molecule has 0 aliphatic heterocycles. The predicted octanol–water partition coefficient (Wildman–Crippen LogP) is 2.12. The van der Waals surface area contributed by atoms with E-state index in [2.05, 4.69) is 14.2 Å². The lowest BCUT2D eigenvalue weighted by molar-refractivity contribution is 0.0599. The summed E-state index contributed by atoms with van der Waals surface area (Å²) in [6.07, 6.45) is 0. The molecule has 1 N–H and O–H groups in total. The number of sulfonamides is 1. The van der Waals surface area contributed by atoms with Crippen LogP contribution in [-0.2, 0) is 19.5 Å². The van der Waals surface area contributed by atoms with Crippen molar-refractivity contribution in [3.05, 3.63) is 46.8 Å². The van der Waals surface area contributed by atoms with Gasteiger partial charge in [0.2, 0.25) is 0 Å². The van der Waals surface area contributed by atoms with E-state index in [0.717, 1.165) is 11.3 Å². The highest BCUT2D eigenvalue weighted by molar-refractivity contribution is 7.94. The molecule has 1 heterocycles. The highest BCUT2D eigenvalue weighted by Gasteiger charge is 2.19. The Hall–Kier alpha value is -2.39. The predicted molar refractivity (Wildman–Crippen MR) is 84.2 cm³/mol. The van der Waals surface area contributed by atoms with E-state index in [1.165, 1.54) is 38.5 Å². The van der Waals surface area contributed by atoms with Gasteiger partial charge in [-0.1, -0.05) is 6.07 Å². The van der Waals surface area contributed by atoms with Crippen LogP contribution in [0, 0.1) is 0 Å². The number of methoxy groups -OCH3 is 2. The first-order valence-corrected chi connectivity index (χ1v) is 8.61. The van der Waals surface area contributed by atoms with Gasteiger partial charge in [-0.25, -0.2) is 18.0 Å². The van der Waals surface area contributed by atoms with Crippen LogP contribution in [0.25, 0.3) is 0 Å². The lowest BCUT2D eigenvalue weighted by Gasteiger charge is -2.10. The summed E-state index contributed by atoms with van der Waals surface area (Å²) in [7, 11) is -1.44. The van der Waals surface area contributed by atoms with Gasteiger partial charge < -0.3 is 9.47 Å². The number of nitrogens with one attached hydrogen (secondary N) is 1. The number of thiophene rings is 1. The second-order valence-electron chi connectivity index (χ2n) is 4.32. The number of rotatable bonds is 5. The summed E-state index contributed by atoms with van der Waals surface area (Å²) in [5.41, 5.74) is 0.111. The van der Waals surface area contributed by atoms with Crippen LogP contribution in [0.2, 0.25) is 0 Å². The minimum Gasteiger partial charge on any atom is -0.465 e. The van der Waals surface area contributed by atoms with E-state index < -0.39 is 22.0 Å². The average Bonchev–Trinajstić information content (AvgIpc) is 3.07. The molecule has 0 aliphatic rings. The zero-order valence-corrected chi connectivity index (χ0v) is 13.9. The number of ether oxygens (including phenoxy) is 2. The maximum atomic E-state index is 12.2. The van der Waals surface area contributed by atoms with Gasteiger partial charge in [0, 0.05) is 0 Å². The summed E-state index contributed by atoms with van der Waals surface area (Å²) in [6, 6.07) is 6.87. The third kappa shape index (κ3) is 3.88. The average molecular weight is 355 g/mol. The summed E-state index contributed by atoms with van der Waals surface area (Å²) in [5, 5.41) is 1.62. The van der Waals surface area contributed by atoms with Crippen LogP contribution in [-0.4, -0.2) is 34.6 Å². The molecule has 0 saturated carbocycles. The van der Waals surface area contributed by atoms with Gasteiger partial charge in [0.05, 0.1) is 31.0 Å². The SMILES string of the molecule is COC(=O)c1cc(NS(=O)(=O)c2cccs2)cc(C(=O)OC)c1. The minimum absolute atomic E-state index is 0.0271. The van der Waals surface area contributed by atoms with Gasteiger partial charge in [-0.15, -0.1) is 11.3 Å². The van der Waals surface area contributed by atoms with Crippen molar-refractivity contribution < 1.29 is 27.5 Å². The van der Waals surface area contributed by atoms with Crippen molar-refractivity contribution in [3.8, 4) is 0 Å². The Balaban J connectivity index is 2.45. The molecule has 0 atom stereocenters. The van der Waals surface area contributed by atoms with Gasteiger partial charge in [0.15, 0.2) is 0 Å². The first-order chi connectivity index (χ1) is 10.9. The van der Waals surface area contributed by atoms with Gasteiger partial charge in [-0.2, -0.15) is 0 Å². The molecule has 23 heavy (non-hydrogen) atoms. The second kappa shape index (κ2) is 6.80. The Morgan fingerprint density at radius 3 is 2.04 bits per heavy atom. The summed E-state index contributed by atoms with van der Waals surface area (Å²) in [5.74, 6) is -1.40. The Labute approximate surface area is 136 Å². The molecule has 0 fully saturated rings. The van der Waals surface area contributed by atoms with Gasteiger partial charge in [0.25, 0.3) is 10.0 Å². The molecule has 0 unspecified atom stereocenters. The first-order valence-electron chi connectivity index (χ1n) is 6.25. The molecule has 0 radical (unpaired) electrons. The van der Waals surface area contributed by atoms with E-state index in [9.17, 15) is 18.0 Å². The number of carbonyl (C=O) groups is 2. The van der Waals surface area contributed by atoms with Crippen molar-refractivity contribution in [2.75, 3.05) is 18.9 Å². The maximum Gasteiger partial charge on any atom is 0.337 e. The smallest absolute Gasteiger partial charge is 0.337 e. The number of hydrogen-bond acceptors (Lipinski definition) is 7. The van der Waals surface area contributed by atoms with Crippen molar-refractivity contribution in [1.29, 1.82) is 0 Å². The minimum atomic E-state index is -3.80. The van der Waals surface area contributed by atoms with Crippen LogP contribution in [0.5, 0.6) is 0 Å². The topological polar surface area (TPSA) is 98.8 Å². The molecule has 9 heteroatoms. The second-order valence-corrected chi connectivity index (χ2v) is 7.18. The van der Waals surface area contributed by atoms with Crippen LogP contribution in [0.15, 0.2) is 39.9 Å². The maximum absolute atomic E-state index is 12.2. The highest BCUT2D eigenvalue weighted by Crippen LogP contribution is 2.23. The fourth-order valence-electron chi connectivity index (χ4n) is 1.78. The molecule has 2 aromatic rings. The summed E-state index contributed by atoms with van der Waals surface area (Å²) in [4.78, 5) is 23.3. The molecule has 1 aromatic heterocycles. The molecule has 0 bridgehead atoms. The van der Waals surface area contributed by atoms with E-state index in [-0.39, 0.29) is 21.0 Å². The van der Waals surface area contributed by atoms with Crippen molar-refractivity contribution >= 4 is 39.0 Å². The van der Waals surface area contributed by atoms with Crippen LogP contribution < -0.4 is 4.72 Å². The Morgan fingerprint density at radius 2 is 1.61 bits per heavy atom. The van der Waals surface area contributed by atoms with Gasteiger partial charge in [0.1, 0.15) is 4.21 Å². The lowest BCUT2D eigenvalue weighted by Crippen LogP contribution is -2.14. The fourth-order valence-corrected chi connectivity index (χ4v) is 3.81. The first kappa shape index (κ1) is 17.0. The standard InChI is InChI=1S/C14H13NO6S2/c1-20-13(16)9-6-10(14(17)21-2)8-11(7-9)15-23(18,19)12-4-3-5-22-12/h3-8,15H,1-2H3. The van der Waals surface area contributed by atoms with Crippen LogP contribution >= 0.6 is 11.3 Å². The lowest BCUT2D eigenvalue weighted by atomic mass is 10.1. The summed E-state index contributed by atoms with van der Waals surface area (Å²) < 4.78 is 36.1. The molecule has 0 saturated heterocycles. The van der Waals surface area contributed by atoms with E-state index in [1.54, 1.807) is 11.4 Å². The van der Waals surface area contributed by atoms with Gasteiger partial charge in [-0.3, -0.25) is 4.72 Å². The molecule has 1 aromatic carbocycles. The number of anilines is 1. The highest BCUT2D eigenvalue weighted by atomic mass is 32.2. The molecule has 0 aliphatic carbocycles. The molecule has 0 amide bonds. The van der Waals surface area contributed by atoms with E-state index >= 15 is 0 Å².